The van der Waals surface area contributed by atoms with Crippen LogP contribution in [0.2, 0.25) is 0 Å². The Morgan fingerprint density at radius 1 is 1.50 bits per heavy atom. The molecule has 0 aliphatic rings. The maximum Gasteiger partial charge on any atom is 0.125 e. The second-order valence-corrected chi connectivity index (χ2v) is 4.04. The first-order valence-corrected chi connectivity index (χ1v) is 5.35. The molecule has 0 atom stereocenters. The van der Waals surface area contributed by atoms with Gasteiger partial charge in [-0.2, -0.15) is 0 Å². The van der Waals surface area contributed by atoms with Crippen LogP contribution in [-0.2, 0) is 11.3 Å². The number of rotatable bonds is 3. The molecule has 1 aromatic heterocycles. The fourth-order valence-electron chi connectivity index (χ4n) is 1.29. The van der Waals surface area contributed by atoms with Crippen molar-refractivity contribution in [3.63, 3.8) is 0 Å². The maximum absolute atomic E-state index is 13.1. The summed E-state index contributed by atoms with van der Waals surface area (Å²) >= 11 is 3.33. The lowest BCUT2D eigenvalue weighted by molar-refractivity contribution is 0.181. The second kappa shape index (κ2) is 4.71. The smallest absolute Gasteiger partial charge is 0.125 e. The van der Waals surface area contributed by atoms with Crippen molar-refractivity contribution in [1.29, 1.82) is 0 Å². The zero-order chi connectivity index (χ0) is 11.5. The molecule has 0 N–H and O–H groups in total. The summed E-state index contributed by atoms with van der Waals surface area (Å²) in [7, 11) is 1.58. The molecule has 2 aromatic rings. The Morgan fingerprint density at radius 3 is 3.06 bits per heavy atom. The maximum atomic E-state index is 13.1. The molecular weight excluding hydrogens is 277 g/mol. The lowest BCUT2D eigenvalue weighted by atomic mass is 10.3. The summed E-state index contributed by atoms with van der Waals surface area (Å²) in [5.74, 6) is -0.318. The summed E-state index contributed by atoms with van der Waals surface area (Å²) in [6, 6.07) is 4.39. The highest BCUT2D eigenvalue weighted by Gasteiger charge is 2.07. The van der Waals surface area contributed by atoms with Gasteiger partial charge in [0.05, 0.1) is 18.5 Å². The molecule has 1 aromatic carbocycles. The monoisotopic (exact) mass is 285 g/mol. The Hall–Kier alpha value is -1.27. The Morgan fingerprint density at radius 2 is 2.31 bits per heavy atom. The van der Waals surface area contributed by atoms with Crippen LogP contribution in [0.15, 0.2) is 28.9 Å². The Kier molecular flexibility index (Phi) is 3.31. The molecule has 0 unspecified atom stereocenters. The number of nitrogens with zero attached hydrogens (tertiary/aromatic N) is 3. The molecule has 84 valence electrons. The molecule has 1 heterocycles. The SMILES string of the molecule is COCc1cn(-c2cc(F)ccc2Br)nn1. The second-order valence-electron chi connectivity index (χ2n) is 3.18. The van der Waals surface area contributed by atoms with Crippen LogP contribution < -0.4 is 0 Å². The van der Waals surface area contributed by atoms with E-state index in [-0.39, 0.29) is 5.82 Å². The average molecular weight is 286 g/mol. The molecule has 0 amide bonds. The summed E-state index contributed by atoms with van der Waals surface area (Å²) < 4.78 is 20.3. The highest BCUT2D eigenvalue weighted by molar-refractivity contribution is 9.10. The number of benzene rings is 1. The Balaban J connectivity index is 2.38. The summed E-state index contributed by atoms with van der Waals surface area (Å²) in [6.45, 7) is 0.382. The predicted molar refractivity (Wildman–Crippen MR) is 59.7 cm³/mol. The number of methoxy groups -OCH3 is 1. The molecule has 0 radical (unpaired) electrons. The van der Waals surface area contributed by atoms with Crippen molar-refractivity contribution in [2.75, 3.05) is 7.11 Å². The third kappa shape index (κ3) is 2.28. The molecule has 6 heteroatoms. The lowest BCUT2D eigenvalue weighted by Gasteiger charge is -2.02. The fourth-order valence-corrected chi connectivity index (χ4v) is 1.72. The van der Waals surface area contributed by atoms with Crippen molar-refractivity contribution in [1.82, 2.24) is 15.0 Å². The predicted octanol–water partition coefficient (Wildman–Crippen LogP) is 2.32. The van der Waals surface area contributed by atoms with E-state index in [9.17, 15) is 4.39 Å². The minimum atomic E-state index is -0.318. The van der Waals surface area contributed by atoms with Crippen molar-refractivity contribution in [2.45, 2.75) is 6.61 Å². The van der Waals surface area contributed by atoms with E-state index in [0.29, 0.717) is 18.0 Å². The van der Waals surface area contributed by atoms with Gasteiger partial charge in [0.25, 0.3) is 0 Å². The molecule has 0 aliphatic heterocycles. The lowest BCUT2D eigenvalue weighted by Crippen LogP contribution is -1.96. The van der Waals surface area contributed by atoms with E-state index in [0.717, 1.165) is 4.47 Å². The van der Waals surface area contributed by atoms with Crippen LogP contribution >= 0.6 is 15.9 Å². The van der Waals surface area contributed by atoms with Gasteiger partial charge >= 0.3 is 0 Å². The van der Waals surface area contributed by atoms with Crippen molar-refractivity contribution in [2.24, 2.45) is 0 Å². The van der Waals surface area contributed by atoms with Crippen LogP contribution in [0.4, 0.5) is 4.39 Å². The van der Waals surface area contributed by atoms with Crippen molar-refractivity contribution < 1.29 is 9.13 Å². The van der Waals surface area contributed by atoms with E-state index in [1.807, 2.05) is 0 Å². The molecule has 0 aliphatic carbocycles. The molecule has 0 spiro atoms. The van der Waals surface area contributed by atoms with Crippen LogP contribution in [0.1, 0.15) is 5.69 Å². The van der Waals surface area contributed by atoms with Crippen LogP contribution in [0.5, 0.6) is 0 Å². The van der Waals surface area contributed by atoms with Gasteiger partial charge < -0.3 is 4.74 Å². The van der Waals surface area contributed by atoms with Crippen molar-refractivity contribution >= 4 is 15.9 Å². The average Bonchev–Trinajstić information content (AvgIpc) is 2.71. The summed E-state index contributed by atoms with van der Waals surface area (Å²) in [5.41, 5.74) is 1.30. The van der Waals surface area contributed by atoms with E-state index in [1.54, 1.807) is 19.4 Å². The van der Waals surface area contributed by atoms with Gasteiger partial charge in [-0.15, -0.1) is 5.10 Å². The molecule has 4 nitrogen and oxygen atoms in total. The molecule has 0 saturated carbocycles. The van der Waals surface area contributed by atoms with Gasteiger partial charge in [-0.05, 0) is 28.1 Å². The van der Waals surface area contributed by atoms with Gasteiger partial charge in [-0.25, -0.2) is 9.07 Å². The molecule has 0 fully saturated rings. The first-order valence-electron chi connectivity index (χ1n) is 4.56. The van der Waals surface area contributed by atoms with Gasteiger partial charge in [0.2, 0.25) is 0 Å². The summed E-state index contributed by atoms with van der Waals surface area (Å²) in [5, 5.41) is 7.79. The van der Waals surface area contributed by atoms with Crippen molar-refractivity contribution in [3.05, 3.63) is 40.4 Å². The largest absolute Gasteiger partial charge is 0.378 e. The highest BCUT2D eigenvalue weighted by Crippen LogP contribution is 2.21. The minimum Gasteiger partial charge on any atom is -0.378 e. The van der Waals surface area contributed by atoms with E-state index >= 15 is 0 Å². The number of halogens is 2. The summed E-state index contributed by atoms with van der Waals surface area (Å²) in [6.07, 6.45) is 1.70. The first-order chi connectivity index (χ1) is 7.70. The number of aromatic nitrogens is 3. The van der Waals surface area contributed by atoms with Gasteiger partial charge in [-0.3, -0.25) is 0 Å². The Labute approximate surface area is 100 Å². The zero-order valence-electron chi connectivity index (χ0n) is 8.52. The Bertz CT molecular complexity index is 501. The van der Waals surface area contributed by atoms with Gasteiger partial charge in [0.15, 0.2) is 0 Å². The van der Waals surface area contributed by atoms with E-state index < -0.39 is 0 Å². The van der Waals surface area contributed by atoms with Crippen LogP contribution in [0.3, 0.4) is 0 Å². The standard InChI is InChI=1S/C10H9BrFN3O/c1-16-6-8-5-15(14-13-8)10-4-7(12)2-3-9(10)11/h2-5H,6H2,1H3. The topological polar surface area (TPSA) is 39.9 Å². The molecular formula is C10H9BrFN3O. The summed E-state index contributed by atoms with van der Waals surface area (Å²) in [4.78, 5) is 0. The number of hydrogen-bond acceptors (Lipinski definition) is 3. The van der Waals surface area contributed by atoms with E-state index in [4.69, 9.17) is 4.74 Å². The van der Waals surface area contributed by atoms with Gasteiger partial charge in [-0.1, -0.05) is 5.21 Å². The third-order valence-electron chi connectivity index (χ3n) is 1.99. The van der Waals surface area contributed by atoms with E-state index in [2.05, 4.69) is 26.2 Å². The fraction of sp³-hybridized carbons (Fsp3) is 0.200. The van der Waals surface area contributed by atoms with Crippen LogP contribution in [0.25, 0.3) is 5.69 Å². The van der Waals surface area contributed by atoms with Gasteiger partial charge in [0.1, 0.15) is 11.5 Å². The molecule has 16 heavy (non-hydrogen) atoms. The highest BCUT2D eigenvalue weighted by atomic mass is 79.9. The van der Waals surface area contributed by atoms with E-state index in [1.165, 1.54) is 16.8 Å². The third-order valence-corrected chi connectivity index (χ3v) is 2.66. The van der Waals surface area contributed by atoms with Gasteiger partial charge in [0, 0.05) is 17.6 Å². The molecule has 0 bridgehead atoms. The normalized spacial score (nSPS) is 10.7. The number of ether oxygens (including phenoxy) is 1. The van der Waals surface area contributed by atoms with Crippen LogP contribution in [-0.4, -0.2) is 22.1 Å². The first kappa shape index (κ1) is 11.2. The molecule has 2 rings (SSSR count). The quantitative estimate of drug-likeness (QED) is 0.869. The molecule has 0 saturated heterocycles. The van der Waals surface area contributed by atoms with Crippen molar-refractivity contribution in [3.8, 4) is 5.69 Å². The van der Waals surface area contributed by atoms with Crippen LogP contribution in [0, 0.1) is 5.82 Å². The number of hydrogen-bond donors (Lipinski definition) is 0. The zero-order valence-corrected chi connectivity index (χ0v) is 10.1. The minimum absolute atomic E-state index is 0.318.